The average molecular weight is 420 g/mol. The molecule has 4 aromatic rings. The van der Waals surface area contributed by atoms with E-state index in [0.29, 0.717) is 23.7 Å². The topological polar surface area (TPSA) is 75.9 Å². The van der Waals surface area contributed by atoms with Crippen LogP contribution in [0.3, 0.4) is 0 Å². The van der Waals surface area contributed by atoms with Crippen LogP contribution >= 0.6 is 11.8 Å². The van der Waals surface area contributed by atoms with Gasteiger partial charge in [0.2, 0.25) is 5.91 Å². The standard InChI is InChI=1S/C22H21N5O2S/c1-14-20(21(29)27(25(14)2)15-8-4-3-5-9-15)22-26(19(28)13-30-22)12-18-23-16-10-6-7-11-17(16)24-18/h3-11,22H,12-13H2,1-2H3,(H,23,24). The van der Waals surface area contributed by atoms with Crippen molar-refractivity contribution in [3.05, 3.63) is 82.0 Å². The highest BCUT2D eigenvalue weighted by Crippen LogP contribution is 2.39. The minimum atomic E-state index is -0.339. The lowest BCUT2D eigenvalue weighted by atomic mass is 10.2. The van der Waals surface area contributed by atoms with E-state index in [-0.39, 0.29) is 16.8 Å². The smallest absolute Gasteiger partial charge is 0.277 e. The summed E-state index contributed by atoms with van der Waals surface area (Å²) in [6, 6.07) is 17.3. The third kappa shape index (κ3) is 2.95. The number of fused-ring (bicyclic) bond motifs is 1. The van der Waals surface area contributed by atoms with Gasteiger partial charge in [-0.15, -0.1) is 11.8 Å². The third-order valence-electron chi connectivity index (χ3n) is 5.57. The van der Waals surface area contributed by atoms with Crippen LogP contribution in [-0.4, -0.2) is 35.9 Å². The summed E-state index contributed by atoms with van der Waals surface area (Å²) in [6.45, 7) is 2.27. The van der Waals surface area contributed by atoms with Gasteiger partial charge in [0.15, 0.2) is 0 Å². The van der Waals surface area contributed by atoms with Crippen molar-refractivity contribution in [2.45, 2.75) is 18.8 Å². The number of hydrogen-bond acceptors (Lipinski definition) is 4. The molecule has 1 saturated heterocycles. The van der Waals surface area contributed by atoms with Crippen molar-refractivity contribution in [2.75, 3.05) is 5.75 Å². The Bertz CT molecular complexity index is 1270. The van der Waals surface area contributed by atoms with Gasteiger partial charge in [0.1, 0.15) is 11.2 Å². The average Bonchev–Trinajstić information content (AvgIpc) is 3.38. The summed E-state index contributed by atoms with van der Waals surface area (Å²) in [6.07, 6.45) is 0. The first-order chi connectivity index (χ1) is 14.5. The van der Waals surface area contributed by atoms with Gasteiger partial charge in [-0.3, -0.25) is 14.3 Å². The van der Waals surface area contributed by atoms with Crippen molar-refractivity contribution >= 4 is 28.7 Å². The Morgan fingerprint density at radius 2 is 1.83 bits per heavy atom. The fraction of sp³-hybridized carbons (Fsp3) is 0.227. The number of rotatable bonds is 4. The number of carbonyl (C=O) groups excluding carboxylic acids is 1. The van der Waals surface area contributed by atoms with E-state index in [1.54, 1.807) is 9.58 Å². The van der Waals surface area contributed by atoms with Gasteiger partial charge in [-0.2, -0.15) is 0 Å². The van der Waals surface area contributed by atoms with Crippen LogP contribution in [0.15, 0.2) is 59.4 Å². The van der Waals surface area contributed by atoms with Crippen molar-refractivity contribution in [1.82, 2.24) is 24.2 Å². The first kappa shape index (κ1) is 18.7. The maximum atomic E-state index is 13.4. The molecule has 0 spiro atoms. The Kier molecular flexibility index (Phi) is 4.51. The number of para-hydroxylation sites is 3. The van der Waals surface area contributed by atoms with Crippen molar-refractivity contribution < 1.29 is 4.79 Å². The van der Waals surface area contributed by atoms with Crippen LogP contribution in [0, 0.1) is 6.92 Å². The zero-order chi connectivity index (χ0) is 20.8. The summed E-state index contributed by atoms with van der Waals surface area (Å²) in [7, 11) is 1.87. The highest BCUT2D eigenvalue weighted by Gasteiger charge is 2.37. The molecule has 0 radical (unpaired) electrons. The maximum absolute atomic E-state index is 13.4. The molecule has 2 aromatic carbocycles. The second kappa shape index (κ2) is 7.21. The molecule has 7 nitrogen and oxygen atoms in total. The molecule has 1 aliphatic rings. The van der Waals surface area contributed by atoms with Crippen LogP contribution in [0.2, 0.25) is 0 Å². The molecule has 152 valence electrons. The molecule has 1 fully saturated rings. The number of amides is 1. The number of benzene rings is 2. The van der Waals surface area contributed by atoms with Crippen molar-refractivity contribution in [1.29, 1.82) is 0 Å². The SMILES string of the molecule is Cc1c(C2SCC(=O)N2Cc2nc3ccccc3[nH]2)c(=O)n(-c2ccccc2)n1C. The number of nitrogens with zero attached hydrogens (tertiary/aromatic N) is 4. The number of H-pyrrole nitrogens is 1. The second-order valence-corrected chi connectivity index (χ2v) is 8.43. The van der Waals surface area contributed by atoms with E-state index in [0.717, 1.165) is 22.4 Å². The van der Waals surface area contributed by atoms with E-state index in [2.05, 4.69) is 9.97 Å². The summed E-state index contributed by atoms with van der Waals surface area (Å²) >= 11 is 1.49. The Hall–Kier alpha value is -3.26. The number of aromatic nitrogens is 4. The van der Waals surface area contributed by atoms with Crippen LogP contribution in [0.25, 0.3) is 16.7 Å². The van der Waals surface area contributed by atoms with Crippen molar-refractivity contribution in [2.24, 2.45) is 7.05 Å². The van der Waals surface area contributed by atoms with Crippen LogP contribution in [-0.2, 0) is 18.4 Å². The zero-order valence-corrected chi connectivity index (χ0v) is 17.5. The van der Waals surface area contributed by atoms with Crippen LogP contribution in [0.4, 0.5) is 0 Å². The number of hydrogen-bond donors (Lipinski definition) is 1. The lowest BCUT2D eigenvalue weighted by Gasteiger charge is -2.22. The molecule has 5 rings (SSSR count). The molecule has 1 amide bonds. The van der Waals surface area contributed by atoms with E-state index >= 15 is 0 Å². The predicted molar refractivity (Wildman–Crippen MR) is 118 cm³/mol. The Balaban J connectivity index is 1.54. The molecule has 3 heterocycles. The number of thioether (sulfide) groups is 1. The molecule has 30 heavy (non-hydrogen) atoms. The molecule has 0 saturated carbocycles. The van der Waals surface area contributed by atoms with Crippen molar-refractivity contribution in [3.63, 3.8) is 0 Å². The van der Waals surface area contributed by atoms with Gasteiger partial charge < -0.3 is 9.88 Å². The lowest BCUT2D eigenvalue weighted by molar-refractivity contribution is -0.128. The largest absolute Gasteiger partial charge is 0.340 e. The normalized spacial score (nSPS) is 16.7. The van der Waals surface area contributed by atoms with E-state index in [1.165, 1.54) is 11.8 Å². The highest BCUT2D eigenvalue weighted by atomic mass is 32.2. The molecule has 0 bridgehead atoms. The number of carbonyl (C=O) groups is 1. The highest BCUT2D eigenvalue weighted by molar-refractivity contribution is 8.00. The van der Waals surface area contributed by atoms with E-state index < -0.39 is 0 Å². The first-order valence-electron chi connectivity index (χ1n) is 9.73. The summed E-state index contributed by atoms with van der Waals surface area (Å²) in [5.41, 5.74) is 4.01. The Morgan fingerprint density at radius 3 is 2.60 bits per heavy atom. The lowest BCUT2D eigenvalue weighted by Crippen LogP contribution is -2.31. The quantitative estimate of drug-likeness (QED) is 0.551. The third-order valence-corrected chi connectivity index (χ3v) is 6.79. The molecule has 1 N–H and O–H groups in total. The van der Waals surface area contributed by atoms with Crippen LogP contribution < -0.4 is 5.56 Å². The van der Waals surface area contributed by atoms with E-state index in [1.807, 2.05) is 73.3 Å². The van der Waals surface area contributed by atoms with Gasteiger partial charge in [0.25, 0.3) is 5.56 Å². The predicted octanol–water partition coefficient (Wildman–Crippen LogP) is 3.13. The molecular formula is C22H21N5O2S. The van der Waals surface area contributed by atoms with Gasteiger partial charge in [-0.05, 0) is 31.2 Å². The summed E-state index contributed by atoms with van der Waals surface area (Å²) in [5.74, 6) is 1.08. The zero-order valence-electron chi connectivity index (χ0n) is 16.7. The molecule has 1 unspecified atom stereocenters. The van der Waals surface area contributed by atoms with Gasteiger partial charge in [-0.1, -0.05) is 30.3 Å². The minimum absolute atomic E-state index is 0.0133. The molecule has 2 aromatic heterocycles. The van der Waals surface area contributed by atoms with Crippen molar-refractivity contribution in [3.8, 4) is 5.69 Å². The van der Waals surface area contributed by atoms with Crippen LogP contribution in [0.5, 0.6) is 0 Å². The van der Waals surface area contributed by atoms with Gasteiger partial charge >= 0.3 is 0 Å². The molecule has 0 aliphatic carbocycles. The molecular weight excluding hydrogens is 398 g/mol. The van der Waals surface area contributed by atoms with Crippen LogP contribution in [0.1, 0.15) is 22.5 Å². The minimum Gasteiger partial charge on any atom is -0.340 e. The molecule has 1 atom stereocenters. The molecule has 8 heteroatoms. The summed E-state index contributed by atoms with van der Waals surface area (Å²) in [5, 5.41) is -0.339. The maximum Gasteiger partial charge on any atom is 0.277 e. The van der Waals surface area contributed by atoms with E-state index in [9.17, 15) is 9.59 Å². The van der Waals surface area contributed by atoms with Gasteiger partial charge in [-0.25, -0.2) is 9.67 Å². The fourth-order valence-electron chi connectivity index (χ4n) is 3.98. The fourth-order valence-corrected chi connectivity index (χ4v) is 5.26. The molecule has 1 aliphatic heterocycles. The van der Waals surface area contributed by atoms with E-state index in [4.69, 9.17) is 0 Å². The van der Waals surface area contributed by atoms with Gasteiger partial charge in [0, 0.05) is 12.7 Å². The first-order valence-corrected chi connectivity index (χ1v) is 10.8. The summed E-state index contributed by atoms with van der Waals surface area (Å²) < 4.78 is 3.52. The monoisotopic (exact) mass is 419 g/mol. The number of imidazole rings is 1. The number of nitrogens with one attached hydrogen (secondary N) is 1. The number of aromatic amines is 1. The Labute approximate surface area is 177 Å². The second-order valence-electron chi connectivity index (χ2n) is 7.36. The summed E-state index contributed by atoms with van der Waals surface area (Å²) in [4.78, 5) is 35.8. The van der Waals surface area contributed by atoms with Gasteiger partial charge in [0.05, 0.1) is 34.6 Å². The Morgan fingerprint density at radius 1 is 1.10 bits per heavy atom.